The zero-order chi connectivity index (χ0) is 9.26. The summed E-state index contributed by atoms with van der Waals surface area (Å²) < 4.78 is 14.9. The molecule has 2 nitrogen and oxygen atoms in total. The highest BCUT2D eigenvalue weighted by molar-refractivity contribution is 5.46. The lowest BCUT2D eigenvalue weighted by atomic mass is 10.2. The fraction of sp³-hybridized carbons (Fsp3) is 0. The number of nitrogens with zero attached hydrogens (tertiary/aromatic N) is 1. The Labute approximate surface area is 75.4 Å². The standard InChI is InChI=1S/C10H9FN2/c11-9-7-8(3-4-10(9)12)13-5-1-2-6-13/h1-7H,12H2. The molecule has 3 heteroatoms. The summed E-state index contributed by atoms with van der Waals surface area (Å²) in [5, 5.41) is 0. The minimum atomic E-state index is -0.383. The van der Waals surface area contributed by atoms with Crippen LogP contribution in [-0.4, -0.2) is 4.57 Å². The Kier molecular flexibility index (Phi) is 1.77. The van der Waals surface area contributed by atoms with Crippen molar-refractivity contribution in [2.75, 3.05) is 5.73 Å². The molecule has 0 aliphatic heterocycles. The molecule has 2 N–H and O–H groups in total. The largest absolute Gasteiger partial charge is 0.396 e. The Bertz CT molecular complexity index is 407. The van der Waals surface area contributed by atoms with Crippen LogP contribution < -0.4 is 5.73 Å². The number of hydrogen-bond donors (Lipinski definition) is 1. The first kappa shape index (κ1) is 7.86. The summed E-state index contributed by atoms with van der Waals surface area (Å²) in [7, 11) is 0. The highest BCUT2D eigenvalue weighted by Gasteiger charge is 1.99. The molecule has 0 atom stereocenters. The maximum atomic E-state index is 13.0. The molecule has 0 bridgehead atoms. The van der Waals surface area contributed by atoms with Crippen molar-refractivity contribution >= 4 is 5.69 Å². The van der Waals surface area contributed by atoms with Crippen LogP contribution in [0.5, 0.6) is 0 Å². The van der Waals surface area contributed by atoms with Gasteiger partial charge in [-0.1, -0.05) is 0 Å². The van der Waals surface area contributed by atoms with Gasteiger partial charge in [-0.25, -0.2) is 4.39 Å². The predicted molar refractivity (Wildman–Crippen MR) is 50.1 cm³/mol. The lowest BCUT2D eigenvalue weighted by Crippen LogP contribution is -1.94. The van der Waals surface area contributed by atoms with Crippen LogP contribution in [0.1, 0.15) is 0 Å². The van der Waals surface area contributed by atoms with Gasteiger partial charge >= 0.3 is 0 Å². The van der Waals surface area contributed by atoms with Crippen molar-refractivity contribution in [3.63, 3.8) is 0 Å². The van der Waals surface area contributed by atoms with Crippen LogP contribution in [0.25, 0.3) is 5.69 Å². The third-order valence-corrected chi connectivity index (χ3v) is 1.89. The summed E-state index contributed by atoms with van der Waals surface area (Å²) in [6.07, 6.45) is 3.70. The highest BCUT2D eigenvalue weighted by Crippen LogP contribution is 2.15. The first-order chi connectivity index (χ1) is 6.27. The molecule has 0 radical (unpaired) electrons. The van der Waals surface area contributed by atoms with Gasteiger partial charge in [-0.15, -0.1) is 0 Å². The van der Waals surface area contributed by atoms with Crippen LogP contribution in [-0.2, 0) is 0 Å². The number of benzene rings is 1. The van der Waals surface area contributed by atoms with Gasteiger partial charge in [-0.2, -0.15) is 0 Å². The zero-order valence-corrected chi connectivity index (χ0v) is 6.94. The monoisotopic (exact) mass is 176 g/mol. The maximum Gasteiger partial charge on any atom is 0.148 e. The number of nitrogens with two attached hydrogens (primary N) is 1. The van der Waals surface area contributed by atoms with E-state index in [1.165, 1.54) is 6.07 Å². The van der Waals surface area contributed by atoms with E-state index in [0.29, 0.717) is 0 Å². The van der Waals surface area contributed by atoms with E-state index in [0.717, 1.165) is 5.69 Å². The Morgan fingerprint density at radius 3 is 2.46 bits per heavy atom. The minimum Gasteiger partial charge on any atom is -0.396 e. The molecule has 0 unspecified atom stereocenters. The molecule has 1 aromatic carbocycles. The third kappa shape index (κ3) is 1.40. The van der Waals surface area contributed by atoms with Crippen molar-refractivity contribution in [2.45, 2.75) is 0 Å². The second-order valence-electron chi connectivity index (χ2n) is 2.80. The van der Waals surface area contributed by atoms with Gasteiger partial charge < -0.3 is 10.3 Å². The summed E-state index contributed by atoms with van der Waals surface area (Å²) >= 11 is 0. The lowest BCUT2D eigenvalue weighted by molar-refractivity contribution is 0.631. The number of halogens is 1. The molecule has 13 heavy (non-hydrogen) atoms. The fourth-order valence-corrected chi connectivity index (χ4v) is 1.18. The van der Waals surface area contributed by atoms with Crippen LogP contribution in [0, 0.1) is 5.82 Å². The van der Waals surface area contributed by atoms with Crippen LogP contribution in [0.4, 0.5) is 10.1 Å². The molecule has 2 rings (SSSR count). The van der Waals surface area contributed by atoms with Gasteiger partial charge in [0.15, 0.2) is 0 Å². The van der Waals surface area contributed by atoms with Crippen molar-refractivity contribution in [1.29, 1.82) is 0 Å². The smallest absolute Gasteiger partial charge is 0.148 e. The van der Waals surface area contributed by atoms with Gasteiger partial charge in [0.05, 0.1) is 5.69 Å². The fourth-order valence-electron chi connectivity index (χ4n) is 1.18. The van der Waals surface area contributed by atoms with Crippen molar-refractivity contribution in [3.05, 3.63) is 48.5 Å². The molecule has 0 amide bonds. The molecule has 66 valence electrons. The van der Waals surface area contributed by atoms with E-state index in [1.807, 2.05) is 29.1 Å². The first-order valence-electron chi connectivity index (χ1n) is 3.96. The Morgan fingerprint density at radius 1 is 1.15 bits per heavy atom. The van der Waals surface area contributed by atoms with Crippen molar-refractivity contribution in [3.8, 4) is 5.69 Å². The summed E-state index contributed by atoms with van der Waals surface area (Å²) in [4.78, 5) is 0. The summed E-state index contributed by atoms with van der Waals surface area (Å²) in [5.41, 5.74) is 6.31. The van der Waals surface area contributed by atoms with E-state index in [1.54, 1.807) is 12.1 Å². The summed E-state index contributed by atoms with van der Waals surface area (Å²) in [5.74, 6) is -0.383. The van der Waals surface area contributed by atoms with E-state index in [-0.39, 0.29) is 11.5 Å². The molecular weight excluding hydrogens is 167 g/mol. The van der Waals surface area contributed by atoms with Crippen molar-refractivity contribution < 1.29 is 4.39 Å². The Morgan fingerprint density at radius 2 is 1.85 bits per heavy atom. The molecule has 1 heterocycles. The van der Waals surface area contributed by atoms with Crippen LogP contribution >= 0.6 is 0 Å². The number of anilines is 1. The lowest BCUT2D eigenvalue weighted by Gasteiger charge is -2.03. The molecule has 0 spiro atoms. The first-order valence-corrected chi connectivity index (χ1v) is 3.96. The molecule has 1 aromatic heterocycles. The highest BCUT2D eigenvalue weighted by atomic mass is 19.1. The predicted octanol–water partition coefficient (Wildman–Crippen LogP) is 2.20. The van der Waals surface area contributed by atoms with Crippen LogP contribution in [0.3, 0.4) is 0 Å². The normalized spacial score (nSPS) is 10.2. The number of rotatable bonds is 1. The second-order valence-corrected chi connectivity index (χ2v) is 2.80. The molecule has 0 fully saturated rings. The van der Waals surface area contributed by atoms with Gasteiger partial charge in [-0.05, 0) is 30.3 Å². The molecule has 0 saturated heterocycles. The number of hydrogen-bond acceptors (Lipinski definition) is 1. The van der Waals surface area contributed by atoms with Crippen LogP contribution in [0.15, 0.2) is 42.7 Å². The van der Waals surface area contributed by atoms with E-state index in [2.05, 4.69) is 0 Å². The minimum absolute atomic E-state index is 0.177. The average Bonchev–Trinajstić information content (AvgIpc) is 2.62. The van der Waals surface area contributed by atoms with Gasteiger partial charge in [0.1, 0.15) is 5.82 Å². The second kappa shape index (κ2) is 2.94. The average molecular weight is 176 g/mol. The number of aromatic nitrogens is 1. The molecule has 0 aliphatic rings. The van der Waals surface area contributed by atoms with E-state index in [4.69, 9.17) is 5.73 Å². The van der Waals surface area contributed by atoms with Crippen molar-refractivity contribution in [1.82, 2.24) is 4.57 Å². The van der Waals surface area contributed by atoms with Gasteiger partial charge in [0.2, 0.25) is 0 Å². The van der Waals surface area contributed by atoms with E-state index < -0.39 is 0 Å². The molecular formula is C10H9FN2. The Balaban J connectivity index is 2.49. The van der Waals surface area contributed by atoms with Gasteiger partial charge in [0, 0.05) is 18.1 Å². The van der Waals surface area contributed by atoms with Gasteiger partial charge in [-0.3, -0.25) is 0 Å². The van der Waals surface area contributed by atoms with Crippen LogP contribution in [0.2, 0.25) is 0 Å². The third-order valence-electron chi connectivity index (χ3n) is 1.89. The van der Waals surface area contributed by atoms with Crippen molar-refractivity contribution in [2.24, 2.45) is 0 Å². The summed E-state index contributed by atoms with van der Waals surface area (Å²) in [6, 6.07) is 8.51. The van der Waals surface area contributed by atoms with E-state index >= 15 is 0 Å². The Hall–Kier alpha value is -1.77. The number of nitrogen functional groups attached to an aromatic ring is 1. The zero-order valence-electron chi connectivity index (χ0n) is 6.94. The molecule has 0 aliphatic carbocycles. The van der Waals surface area contributed by atoms with Gasteiger partial charge in [0.25, 0.3) is 0 Å². The summed E-state index contributed by atoms with van der Waals surface area (Å²) in [6.45, 7) is 0. The van der Waals surface area contributed by atoms with E-state index in [9.17, 15) is 4.39 Å². The SMILES string of the molecule is Nc1ccc(-n2cccc2)cc1F. The quantitative estimate of drug-likeness (QED) is 0.663. The topological polar surface area (TPSA) is 30.9 Å². The molecule has 0 saturated carbocycles. The maximum absolute atomic E-state index is 13.0. The molecule has 2 aromatic rings.